The summed E-state index contributed by atoms with van der Waals surface area (Å²) in [5, 5.41) is 16.4. The number of benzene rings is 2. The summed E-state index contributed by atoms with van der Waals surface area (Å²) in [6.07, 6.45) is 1.85. The Balaban J connectivity index is 0.000000165. The van der Waals surface area contributed by atoms with E-state index in [1.807, 2.05) is 5.38 Å². The van der Waals surface area contributed by atoms with Crippen LogP contribution in [-0.2, 0) is 12.4 Å². The van der Waals surface area contributed by atoms with Gasteiger partial charge in [0.05, 0.1) is 28.1 Å². The molecule has 0 bridgehead atoms. The van der Waals surface area contributed by atoms with Crippen molar-refractivity contribution in [1.82, 2.24) is 33.7 Å². The maximum atomic E-state index is 13.0. The molecule has 0 aliphatic heterocycles. The predicted octanol–water partition coefficient (Wildman–Crippen LogP) is 8.57. The van der Waals surface area contributed by atoms with Crippen LogP contribution in [0.3, 0.4) is 0 Å². The molecule has 4 N–H and O–H groups in total. The molecule has 0 aliphatic carbocycles. The number of hydrogen-bond donors (Lipinski definition) is 3. The molecular weight excluding hydrogens is 773 g/mol. The van der Waals surface area contributed by atoms with Crippen LogP contribution in [0.2, 0.25) is 0 Å². The topological polar surface area (TPSA) is 166 Å². The number of carbonyl (C=O) groups is 2. The Morgan fingerprint density at radius 1 is 0.709 bits per heavy atom. The number of rotatable bonds is 5. The van der Waals surface area contributed by atoms with Gasteiger partial charge >= 0.3 is 18.3 Å². The number of nitrogens with zero attached hydrogens (tertiary/aromatic N) is 7. The fourth-order valence-corrected chi connectivity index (χ4v) is 5.84. The first-order chi connectivity index (χ1) is 26.2. The van der Waals surface area contributed by atoms with Gasteiger partial charge in [0.15, 0.2) is 21.6 Å². The molecule has 0 saturated carbocycles. The van der Waals surface area contributed by atoms with Crippen LogP contribution in [0.15, 0.2) is 115 Å². The summed E-state index contributed by atoms with van der Waals surface area (Å²) in [6, 6.07) is 12.9. The number of nitrogens with one attached hydrogen (secondary N) is 1. The van der Waals surface area contributed by atoms with E-state index in [1.165, 1.54) is 63.9 Å². The van der Waals surface area contributed by atoms with Gasteiger partial charge in [0.1, 0.15) is 5.65 Å². The number of fused-ring (bicyclic) bond motifs is 2. The minimum Gasteiger partial charge on any atom is -0.476 e. The molecule has 2 aromatic carbocycles. The second kappa shape index (κ2) is 15.7. The Kier molecular flexibility index (Phi) is 10.9. The van der Waals surface area contributed by atoms with Crippen molar-refractivity contribution in [2.45, 2.75) is 12.4 Å². The summed E-state index contributed by atoms with van der Waals surface area (Å²) < 4.78 is 80.1. The molecule has 0 fully saturated rings. The summed E-state index contributed by atoms with van der Waals surface area (Å²) in [5.74, 6) is -1.65. The number of aromatic nitrogens is 7. The van der Waals surface area contributed by atoms with Crippen molar-refractivity contribution in [3.63, 3.8) is 0 Å². The summed E-state index contributed by atoms with van der Waals surface area (Å²) in [4.78, 5) is 43.5. The van der Waals surface area contributed by atoms with Gasteiger partial charge < -0.3 is 19.6 Å². The van der Waals surface area contributed by atoms with E-state index in [9.17, 15) is 35.9 Å². The van der Waals surface area contributed by atoms with E-state index in [1.54, 1.807) is 52.8 Å². The summed E-state index contributed by atoms with van der Waals surface area (Å²) in [7, 11) is 0. The molecular formula is C35H23F6N9O3S2. The molecule has 0 radical (unpaired) electrons. The molecule has 12 nitrogen and oxygen atoms in total. The van der Waals surface area contributed by atoms with Crippen molar-refractivity contribution >= 4 is 56.1 Å². The molecule has 280 valence electrons. The maximum absolute atomic E-state index is 13.0. The van der Waals surface area contributed by atoms with Crippen LogP contribution in [0, 0.1) is 0 Å². The van der Waals surface area contributed by atoms with Crippen LogP contribution in [0.5, 0.6) is 0 Å². The lowest BCUT2D eigenvalue weighted by atomic mass is 10.1. The number of thiazole rings is 2. The first-order valence-electron chi connectivity index (χ1n) is 15.4. The smallest absolute Gasteiger partial charge is 0.416 e. The van der Waals surface area contributed by atoms with Crippen molar-refractivity contribution in [3.8, 4) is 22.5 Å². The van der Waals surface area contributed by atoms with Crippen molar-refractivity contribution < 1.29 is 41.0 Å². The Morgan fingerprint density at radius 2 is 1.29 bits per heavy atom. The molecule has 8 aromatic rings. The first kappa shape index (κ1) is 38.1. The highest BCUT2D eigenvalue weighted by Crippen LogP contribution is 2.33. The predicted molar refractivity (Wildman–Crippen MR) is 193 cm³/mol. The second-order valence-electron chi connectivity index (χ2n) is 11.0. The van der Waals surface area contributed by atoms with Crippen molar-refractivity contribution in [1.29, 1.82) is 0 Å². The molecule has 0 unspecified atom stereocenters. The van der Waals surface area contributed by atoms with E-state index in [4.69, 9.17) is 10.8 Å². The highest BCUT2D eigenvalue weighted by Gasteiger charge is 2.31. The second-order valence-corrected chi connectivity index (χ2v) is 12.9. The van der Waals surface area contributed by atoms with Gasteiger partial charge in [-0.1, -0.05) is 24.3 Å². The number of carbonyl (C=O) groups excluding carboxylic acids is 1. The van der Waals surface area contributed by atoms with Crippen molar-refractivity contribution in [2.24, 2.45) is 0 Å². The molecule has 8 rings (SSSR count). The van der Waals surface area contributed by atoms with Crippen LogP contribution >= 0.6 is 22.7 Å². The Hall–Kier alpha value is -6.67. The fourth-order valence-electron chi connectivity index (χ4n) is 4.93. The normalized spacial score (nSPS) is 11.4. The number of carboxylic acid groups (broad SMARTS) is 1. The van der Waals surface area contributed by atoms with E-state index >= 15 is 0 Å². The van der Waals surface area contributed by atoms with Gasteiger partial charge in [-0.15, -0.1) is 22.7 Å². The van der Waals surface area contributed by atoms with Gasteiger partial charge in [-0.3, -0.25) is 10.1 Å². The lowest BCUT2D eigenvalue weighted by molar-refractivity contribution is -0.138. The first-order valence-corrected chi connectivity index (χ1v) is 17.2. The number of halogens is 6. The minimum absolute atomic E-state index is 0.0717. The Labute approximate surface area is 313 Å². The zero-order valence-corrected chi connectivity index (χ0v) is 29.2. The number of imidazole rings is 2. The quantitative estimate of drug-likeness (QED) is 0.145. The third-order valence-electron chi connectivity index (χ3n) is 7.38. The number of aromatic carboxylic acids is 1. The zero-order chi connectivity index (χ0) is 39.3. The summed E-state index contributed by atoms with van der Waals surface area (Å²) in [5.41, 5.74) is 5.24. The van der Waals surface area contributed by atoms with Crippen LogP contribution in [0.25, 0.3) is 33.8 Å². The minimum atomic E-state index is -4.46. The molecule has 0 spiro atoms. The SMILES string of the molecule is Nc1nccs1.O=C(Nc1nccs1)c1cccn2cc(-c3cccc(C(F)(F)F)c3)nc12.O=C(O)c1nccn2cc(-c3cccc(C(F)(F)F)c3)nc12. The average Bonchev–Trinajstić information content (AvgIpc) is 3.99. The third kappa shape index (κ3) is 9.11. The molecule has 6 aromatic heterocycles. The van der Waals surface area contributed by atoms with Gasteiger partial charge in [0.25, 0.3) is 5.91 Å². The molecule has 55 heavy (non-hydrogen) atoms. The van der Waals surface area contributed by atoms with Gasteiger partial charge in [-0.05, 0) is 36.4 Å². The molecule has 20 heteroatoms. The van der Waals surface area contributed by atoms with Crippen LogP contribution in [0.4, 0.5) is 36.6 Å². The lowest BCUT2D eigenvalue weighted by Gasteiger charge is -2.07. The van der Waals surface area contributed by atoms with Crippen molar-refractivity contribution in [3.05, 3.63) is 137 Å². The lowest BCUT2D eigenvalue weighted by Crippen LogP contribution is -2.13. The fraction of sp³-hybridized carbons (Fsp3) is 0.0571. The number of anilines is 2. The highest BCUT2D eigenvalue weighted by molar-refractivity contribution is 7.13. The monoisotopic (exact) mass is 795 g/mol. The number of carboxylic acids is 1. The van der Waals surface area contributed by atoms with Crippen molar-refractivity contribution in [2.75, 3.05) is 11.1 Å². The molecule has 1 amide bonds. The van der Waals surface area contributed by atoms with Crippen LogP contribution in [-0.4, -0.2) is 50.7 Å². The van der Waals surface area contributed by atoms with E-state index in [0.717, 1.165) is 24.3 Å². The zero-order valence-electron chi connectivity index (χ0n) is 27.5. The van der Waals surface area contributed by atoms with Gasteiger partial charge in [0, 0.05) is 65.3 Å². The molecule has 0 aliphatic rings. The highest BCUT2D eigenvalue weighted by atomic mass is 32.1. The molecule has 6 heterocycles. The largest absolute Gasteiger partial charge is 0.476 e. The third-order valence-corrected chi connectivity index (χ3v) is 8.67. The Morgan fingerprint density at radius 3 is 1.80 bits per heavy atom. The van der Waals surface area contributed by atoms with Gasteiger partial charge in [-0.2, -0.15) is 26.3 Å². The number of hydrogen-bond acceptors (Lipinski definition) is 10. The molecule has 0 saturated heterocycles. The van der Waals surface area contributed by atoms with E-state index < -0.39 is 35.4 Å². The summed E-state index contributed by atoms with van der Waals surface area (Å²) >= 11 is 2.72. The number of pyridine rings is 1. The van der Waals surface area contributed by atoms with E-state index in [0.29, 0.717) is 32.7 Å². The number of nitrogen functional groups attached to an aromatic ring is 1. The van der Waals surface area contributed by atoms with E-state index in [2.05, 4.69) is 30.2 Å². The average molecular weight is 796 g/mol. The summed E-state index contributed by atoms with van der Waals surface area (Å²) in [6.45, 7) is 0. The van der Waals surface area contributed by atoms with Crippen LogP contribution in [0.1, 0.15) is 32.0 Å². The van der Waals surface area contributed by atoms with Gasteiger partial charge in [0.2, 0.25) is 0 Å². The van der Waals surface area contributed by atoms with E-state index in [-0.39, 0.29) is 22.6 Å². The van der Waals surface area contributed by atoms with Gasteiger partial charge in [-0.25, -0.2) is 29.7 Å². The number of nitrogens with two attached hydrogens (primary N) is 1. The Bertz CT molecular complexity index is 2590. The number of alkyl halides is 6. The number of amides is 1. The van der Waals surface area contributed by atoms with Crippen LogP contribution < -0.4 is 11.1 Å². The maximum Gasteiger partial charge on any atom is 0.416 e. The standard InChI is InChI=1S/C18H11F3N4OS.C14H8F3N3O2.C3H4N2S/c19-18(20,21)12-4-1-3-11(9-12)14-10-25-7-2-5-13(15(25)23-14)16(26)24-17-22-6-8-27-17;15-14(16,17)9-3-1-2-8(6-9)10-7-20-5-4-18-11(13(21)22)12(20)19-10;4-3-5-1-2-6-3/h1-10H,(H,22,24,26);1-7H,(H,21,22);1-2H,(H2,4,5). The molecule has 0 atom stereocenters.